The van der Waals surface area contributed by atoms with Gasteiger partial charge in [0.25, 0.3) is 0 Å². The second kappa shape index (κ2) is 8.05. The van der Waals surface area contributed by atoms with E-state index in [4.69, 9.17) is 27.7 Å². The number of urea groups is 1. The number of imidazole rings is 1. The van der Waals surface area contributed by atoms with Crippen molar-refractivity contribution in [3.8, 4) is 11.4 Å². The van der Waals surface area contributed by atoms with E-state index in [9.17, 15) is 4.79 Å². The topological polar surface area (TPSA) is 99.9 Å². The minimum Gasteiger partial charge on any atom is -0.347 e. The van der Waals surface area contributed by atoms with Gasteiger partial charge in [0, 0.05) is 27.7 Å². The average Bonchev–Trinajstić information content (AvgIpc) is 3.44. The van der Waals surface area contributed by atoms with E-state index in [1.165, 1.54) is 0 Å². The van der Waals surface area contributed by atoms with E-state index >= 15 is 0 Å². The maximum absolute atomic E-state index is 13.1. The summed E-state index contributed by atoms with van der Waals surface area (Å²) in [5, 5.41) is 8.20. The Morgan fingerprint density at radius 1 is 1.10 bits per heavy atom. The van der Waals surface area contributed by atoms with Crippen molar-refractivity contribution in [1.82, 2.24) is 25.0 Å². The van der Waals surface area contributed by atoms with E-state index < -0.39 is 6.04 Å². The van der Waals surface area contributed by atoms with Crippen LogP contribution in [0.4, 0.5) is 10.5 Å². The van der Waals surface area contributed by atoms with E-state index in [2.05, 4.69) is 25.4 Å². The van der Waals surface area contributed by atoms with Gasteiger partial charge in [-0.2, -0.15) is 4.98 Å². The van der Waals surface area contributed by atoms with Crippen LogP contribution in [0.25, 0.3) is 11.4 Å². The molecule has 1 unspecified atom stereocenters. The molecule has 8 nitrogen and oxygen atoms in total. The van der Waals surface area contributed by atoms with Crippen molar-refractivity contribution < 1.29 is 9.32 Å². The molecule has 1 atom stereocenters. The first kappa shape index (κ1) is 19.6. The molecular formula is C21H16Cl2N6O2. The van der Waals surface area contributed by atoms with Gasteiger partial charge in [-0.15, -0.1) is 0 Å². The van der Waals surface area contributed by atoms with Gasteiger partial charge in [0.15, 0.2) is 0 Å². The van der Waals surface area contributed by atoms with Gasteiger partial charge in [-0.1, -0.05) is 28.4 Å². The zero-order valence-electron chi connectivity index (χ0n) is 16.0. The quantitative estimate of drug-likeness (QED) is 0.448. The molecule has 0 saturated heterocycles. The standard InChI is InChI=1S/C21H16Cl2N6O2/c22-13-3-1-12(2-4-13)19-27-20(31-28-19)18-9-16-17(25-11-24-16)10-29(18)21(30)26-15-7-5-14(23)6-8-15/h1-8,11,18H,9-10H2,(H,24,25)(H,26,30). The maximum Gasteiger partial charge on any atom is 0.322 e. The lowest BCUT2D eigenvalue weighted by molar-refractivity contribution is 0.155. The highest BCUT2D eigenvalue weighted by atomic mass is 35.5. The summed E-state index contributed by atoms with van der Waals surface area (Å²) in [6.45, 7) is 0.331. The van der Waals surface area contributed by atoms with Crippen molar-refractivity contribution >= 4 is 34.9 Å². The molecule has 2 aromatic heterocycles. The summed E-state index contributed by atoms with van der Waals surface area (Å²) in [6, 6.07) is 13.3. The van der Waals surface area contributed by atoms with Gasteiger partial charge in [0.2, 0.25) is 11.7 Å². The van der Waals surface area contributed by atoms with Crippen LogP contribution in [0.5, 0.6) is 0 Å². The number of amides is 2. The van der Waals surface area contributed by atoms with Gasteiger partial charge in [0.05, 0.1) is 24.3 Å². The highest BCUT2D eigenvalue weighted by molar-refractivity contribution is 6.30. The Labute approximate surface area is 187 Å². The molecule has 2 N–H and O–H groups in total. The minimum absolute atomic E-state index is 0.293. The van der Waals surface area contributed by atoms with E-state index in [1.807, 2.05) is 12.1 Å². The molecule has 4 aromatic rings. The largest absolute Gasteiger partial charge is 0.347 e. The molecule has 3 heterocycles. The molecule has 0 saturated carbocycles. The van der Waals surface area contributed by atoms with Crippen LogP contribution in [0.3, 0.4) is 0 Å². The van der Waals surface area contributed by atoms with Gasteiger partial charge < -0.3 is 19.7 Å². The summed E-state index contributed by atoms with van der Waals surface area (Å²) in [5.41, 5.74) is 3.15. The second-order valence-corrected chi connectivity index (χ2v) is 7.95. The van der Waals surface area contributed by atoms with Crippen molar-refractivity contribution in [3.05, 3.63) is 82.2 Å². The number of anilines is 1. The van der Waals surface area contributed by atoms with Crippen molar-refractivity contribution in [1.29, 1.82) is 0 Å². The number of hydrogen-bond donors (Lipinski definition) is 2. The molecule has 0 spiro atoms. The Hall–Kier alpha value is -3.36. The number of benzene rings is 2. The summed E-state index contributed by atoms with van der Waals surface area (Å²) < 4.78 is 5.56. The van der Waals surface area contributed by atoms with E-state index in [0.717, 1.165) is 17.0 Å². The van der Waals surface area contributed by atoms with E-state index in [1.54, 1.807) is 47.6 Å². The number of nitrogens with one attached hydrogen (secondary N) is 2. The molecule has 2 amide bonds. The van der Waals surface area contributed by atoms with Crippen LogP contribution in [0.2, 0.25) is 10.0 Å². The summed E-state index contributed by atoms with van der Waals surface area (Å²) in [5.74, 6) is 0.766. The number of aromatic amines is 1. The van der Waals surface area contributed by atoms with Gasteiger partial charge in [-0.25, -0.2) is 9.78 Å². The average molecular weight is 455 g/mol. The SMILES string of the molecule is O=C(Nc1ccc(Cl)cc1)N1Cc2[nH]cnc2CC1c1nc(-c2ccc(Cl)cc2)no1. The fourth-order valence-electron chi connectivity index (χ4n) is 3.49. The van der Waals surface area contributed by atoms with Crippen LogP contribution in [0.1, 0.15) is 23.3 Å². The molecular weight excluding hydrogens is 439 g/mol. The lowest BCUT2D eigenvalue weighted by atomic mass is 10.0. The van der Waals surface area contributed by atoms with Gasteiger partial charge in [-0.3, -0.25) is 0 Å². The Bertz CT molecular complexity index is 1220. The molecule has 0 aliphatic carbocycles. The molecule has 5 rings (SSSR count). The second-order valence-electron chi connectivity index (χ2n) is 7.08. The van der Waals surface area contributed by atoms with Crippen LogP contribution in [-0.2, 0) is 13.0 Å². The monoisotopic (exact) mass is 454 g/mol. The molecule has 1 aliphatic heterocycles. The number of hydrogen-bond acceptors (Lipinski definition) is 5. The number of aromatic nitrogens is 4. The third-order valence-corrected chi connectivity index (χ3v) is 5.59. The molecule has 31 heavy (non-hydrogen) atoms. The smallest absolute Gasteiger partial charge is 0.322 e. The fraction of sp³-hybridized carbons (Fsp3) is 0.143. The molecule has 156 valence electrons. The summed E-state index contributed by atoms with van der Waals surface area (Å²) in [6.07, 6.45) is 2.07. The van der Waals surface area contributed by atoms with Crippen LogP contribution >= 0.6 is 23.2 Å². The normalized spacial score (nSPS) is 15.5. The number of carbonyl (C=O) groups excluding carboxylic acids is 1. The first-order chi connectivity index (χ1) is 15.1. The third kappa shape index (κ3) is 3.99. The van der Waals surface area contributed by atoms with Gasteiger partial charge in [-0.05, 0) is 48.5 Å². The van der Waals surface area contributed by atoms with Crippen LogP contribution in [-0.4, -0.2) is 31.0 Å². The highest BCUT2D eigenvalue weighted by Gasteiger charge is 2.36. The molecule has 0 radical (unpaired) electrons. The third-order valence-electron chi connectivity index (χ3n) is 5.08. The van der Waals surface area contributed by atoms with Crippen LogP contribution < -0.4 is 5.32 Å². The van der Waals surface area contributed by atoms with E-state index in [0.29, 0.717) is 40.4 Å². The van der Waals surface area contributed by atoms with Gasteiger partial charge in [0.1, 0.15) is 6.04 Å². The lowest BCUT2D eigenvalue weighted by Crippen LogP contribution is -2.41. The Balaban J connectivity index is 1.44. The number of H-pyrrole nitrogens is 1. The number of nitrogens with zero attached hydrogens (tertiary/aromatic N) is 4. The molecule has 0 bridgehead atoms. The predicted molar refractivity (Wildman–Crippen MR) is 116 cm³/mol. The fourth-order valence-corrected chi connectivity index (χ4v) is 3.74. The number of fused-ring (bicyclic) bond motifs is 1. The lowest BCUT2D eigenvalue weighted by Gasteiger charge is -2.32. The van der Waals surface area contributed by atoms with Crippen molar-refractivity contribution in [2.75, 3.05) is 5.32 Å². The first-order valence-electron chi connectivity index (χ1n) is 9.50. The molecule has 2 aromatic carbocycles. The molecule has 1 aliphatic rings. The predicted octanol–water partition coefficient (Wildman–Crippen LogP) is 5.10. The zero-order valence-corrected chi connectivity index (χ0v) is 17.6. The Morgan fingerprint density at radius 2 is 1.81 bits per heavy atom. The Kier molecular flexibility index (Phi) is 5.09. The molecule has 0 fully saturated rings. The summed E-state index contributed by atoms with van der Waals surface area (Å²) >= 11 is 11.9. The number of halogens is 2. The number of rotatable bonds is 3. The summed E-state index contributed by atoms with van der Waals surface area (Å²) in [4.78, 5) is 26.8. The zero-order chi connectivity index (χ0) is 21.4. The van der Waals surface area contributed by atoms with Crippen LogP contribution in [0, 0.1) is 0 Å². The van der Waals surface area contributed by atoms with Gasteiger partial charge >= 0.3 is 6.03 Å². The maximum atomic E-state index is 13.1. The minimum atomic E-state index is -0.461. The van der Waals surface area contributed by atoms with Crippen molar-refractivity contribution in [2.24, 2.45) is 0 Å². The Morgan fingerprint density at radius 3 is 2.55 bits per heavy atom. The van der Waals surface area contributed by atoms with E-state index in [-0.39, 0.29) is 6.03 Å². The van der Waals surface area contributed by atoms with Crippen molar-refractivity contribution in [3.63, 3.8) is 0 Å². The summed E-state index contributed by atoms with van der Waals surface area (Å²) in [7, 11) is 0. The van der Waals surface area contributed by atoms with Crippen LogP contribution in [0.15, 0.2) is 59.4 Å². The number of carbonyl (C=O) groups is 1. The highest BCUT2D eigenvalue weighted by Crippen LogP contribution is 2.33. The van der Waals surface area contributed by atoms with Crippen molar-refractivity contribution in [2.45, 2.75) is 19.0 Å². The first-order valence-corrected chi connectivity index (χ1v) is 10.3. The molecule has 10 heteroatoms.